The summed E-state index contributed by atoms with van der Waals surface area (Å²) in [6.45, 7) is 4.87. The van der Waals surface area contributed by atoms with Crippen molar-refractivity contribution in [3.05, 3.63) is 96.4 Å². The van der Waals surface area contributed by atoms with Gasteiger partial charge in [0, 0.05) is 6.92 Å². The second kappa shape index (κ2) is 9.56. The Bertz CT molecular complexity index is 1470. The zero-order chi connectivity index (χ0) is 24.4. The first-order valence-corrected chi connectivity index (χ1v) is 11.3. The van der Waals surface area contributed by atoms with Crippen molar-refractivity contribution in [2.75, 3.05) is 6.61 Å². The number of nitrogens with zero attached hydrogens (tertiary/aromatic N) is 2. The van der Waals surface area contributed by atoms with Crippen LogP contribution in [0.2, 0.25) is 0 Å². The number of benzene rings is 2. The molecule has 1 aromatic heterocycles. The predicted octanol–water partition coefficient (Wildman–Crippen LogP) is 2.86. The smallest absolute Gasteiger partial charge is 0.338 e. The molecule has 0 amide bonds. The minimum Gasteiger partial charge on any atom is -0.463 e. The number of ether oxygens (including phenoxy) is 2. The molecule has 0 aliphatic carbocycles. The summed E-state index contributed by atoms with van der Waals surface area (Å²) in [6, 6.07) is 11.6. The van der Waals surface area contributed by atoms with Crippen LogP contribution in [0.1, 0.15) is 37.9 Å². The number of halogens is 1. The molecule has 0 unspecified atom stereocenters. The maximum Gasteiger partial charge on any atom is 0.338 e. The third-order valence-electron chi connectivity index (χ3n) is 5.14. The molecule has 1 aliphatic rings. The second-order valence-corrected chi connectivity index (χ2v) is 8.53. The van der Waals surface area contributed by atoms with Gasteiger partial charge in [-0.3, -0.25) is 14.2 Å². The molecule has 2 heterocycles. The number of aromatic nitrogens is 1. The van der Waals surface area contributed by atoms with E-state index in [0.717, 1.165) is 5.56 Å². The summed E-state index contributed by atoms with van der Waals surface area (Å²) in [6.07, 6.45) is 1.70. The average molecular weight is 481 g/mol. The number of rotatable bonds is 5. The van der Waals surface area contributed by atoms with Gasteiger partial charge in [-0.05, 0) is 55.3 Å². The number of hydrogen-bond donors (Lipinski definition) is 0. The van der Waals surface area contributed by atoms with Crippen LogP contribution in [0.5, 0.6) is 5.75 Å². The van der Waals surface area contributed by atoms with Crippen LogP contribution < -0.4 is 19.6 Å². The van der Waals surface area contributed by atoms with Gasteiger partial charge >= 0.3 is 11.9 Å². The fourth-order valence-electron chi connectivity index (χ4n) is 3.70. The molecule has 0 saturated carbocycles. The number of fused-ring (bicyclic) bond motifs is 1. The van der Waals surface area contributed by atoms with Crippen molar-refractivity contribution in [3.63, 3.8) is 0 Å². The quantitative estimate of drug-likeness (QED) is 0.414. The SMILES string of the molecule is CCOC(=O)C1=C(C)N=c2s/c(=C\c3ccc(OC(C)=O)cc3)c(=O)n2[C@@H]1c1ccc(F)cc1. The van der Waals surface area contributed by atoms with Gasteiger partial charge in [-0.2, -0.15) is 0 Å². The summed E-state index contributed by atoms with van der Waals surface area (Å²) in [5, 5.41) is 0. The normalized spacial score (nSPS) is 15.5. The molecular weight excluding hydrogens is 459 g/mol. The number of allylic oxidation sites excluding steroid dienone is 1. The summed E-state index contributed by atoms with van der Waals surface area (Å²) >= 11 is 1.19. The third kappa shape index (κ3) is 4.60. The molecule has 1 atom stereocenters. The molecule has 0 radical (unpaired) electrons. The summed E-state index contributed by atoms with van der Waals surface area (Å²) in [4.78, 5) is 42.3. The Balaban J connectivity index is 1.86. The lowest BCUT2D eigenvalue weighted by Crippen LogP contribution is -2.39. The van der Waals surface area contributed by atoms with Crippen LogP contribution in [0, 0.1) is 5.82 Å². The van der Waals surface area contributed by atoms with E-state index < -0.39 is 23.8 Å². The van der Waals surface area contributed by atoms with Crippen molar-refractivity contribution in [2.24, 2.45) is 4.99 Å². The van der Waals surface area contributed by atoms with E-state index in [-0.39, 0.29) is 17.7 Å². The van der Waals surface area contributed by atoms with Crippen molar-refractivity contribution >= 4 is 29.4 Å². The van der Waals surface area contributed by atoms with Gasteiger partial charge in [0.05, 0.1) is 28.5 Å². The second-order valence-electron chi connectivity index (χ2n) is 7.52. The van der Waals surface area contributed by atoms with Gasteiger partial charge in [0.1, 0.15) is 11.6 Å². The van der Waals surface area contributed by atoms with Gasteiger partial charge in [0.15, 0.2) is 4.80 Å². The fourth-order valence-corrected chi connectivity index (χ4v) is 4.75. The monoisotopic (exact) mass is 480 g/mol. The number of esters is 2. The molecular formula is C25H21FN2O5S. The number of thiazole rings is 1. The summed E-state index contributed by atoms with van der Waals surface area (Å²) in [5.41, 5.74) is 1.62. The standard InChI is InChI=1S/C25H21FN2O5S/c1-4-32-24(31)21-14(2)27-25-28(22(21)17-7-9-18(26)10-8-17)23(30)20(34-25)13-16-5-11-19(12-6-16)33-15(3)29/h5-13,22H,4H2,1-3H3/b20-13-/t22-/m1/s1. The Kier molecular flexibility index (Phi) is 6.56. The van der Waals surface area contributed by atoms with Crippen LogP contribution in [0.25, 0.3) is 6.08 Å². The van der Waals surface area contributed by atoms with E-state index in [4.69, 9.17) is 9.47 Å². The maximum atomic E-state index is 13.6. The van der Waals surface area contributed by atoms with Gasteiger partial charge in [-0.1, -0.05) is 35.6 Å². The third-order valence-corrected chi connectivity index (χ3v) is 6.13. The van der Waals surface area contributed by atoms with E-state index in [0.29, 0.717) is 26.3 Å². The van der Waals surface area contributed by atoms with Crippen molar-refractivity contribution in [2.45, 2.75) is 26.8 Å². The van der Waals surface area contributed by atoms with Gasteiger partial charge in [0.2, 0.25) is 0 Å². The predicted molar refractivity (Wildman–Crippen MR) is 125 cm³/mol. The van der Waals surface area contributed by atoms with Crippen LogP contribution in [-0.4, -0.2) is 23.1 Å². The Hall–Kier alpha value is -3.85. The maximum absolute atomic E-state index is 13.6. The highest BCUT2D eigenvalue weighted by molar-refractivity contribution is 7.07. The Morgan fingerprint density at radius 1 is 1.15 bits per heavy atom. The molecule has 0 spiro atoms. The highest BCUT2D eigenvalue weighted by atomic mass is 32.1. The molecule has 1 aliphatic heterocycles. The molecule has 7 nitrogen and oxygen atoms in total. The minimum absolute atomic E-state index is 0.166. The van der Waals surface area contributed by atoms with Gasteiger partial charge in [0.25, 0.3) is 5.56 Å². The van der Waals surface area contributed by atoms with Gasteiger partial charge in [-0.25, -0.2) is 14.2 Å². The molecule has 34 heavy (non-hydrogen) atoms. The fraction of sp³-hybridized carbons (Fsp3) is 0.200. The number of carbonyl (C=O) groups excluding carboxylic acids is 2. The van der Waals surface area contributed by atoms with Crippen LogP contribution in [0.15, 0.2) is 69.6 Å². The zero-order valence-electron chi connectivity index (χ0n) is 18.7. The Labute approximate surface area is 198 Å². The molecule has 3 aromatic rings. The van der Waals surface area contributed by atoms with Crippen molar-refractivity contribution in [3.8, 4) is 5.75 Å². The lowest BCUT2D eigenvalue weighted by atomic mass is 9.96. The van der Waals surface area contributed by atoms with E-state index in [1.54, 1.807) is 56.3 Å². The van der Waals surface area contributed by atoms with Crippen LogP contribution in [0.4, 0.5) is 4.39 Å². The average Bonchev–Trinajstić information content (AvgIpc) is 3.09. The molecule has 0 saturated heterocycles. The van der Waals surface area contributed by atoms with Crippen molar-refractivity contribution in [1.82, 2.24) is 4.57 Å². The Morgan fingerprint density at radius 2 is 1.82 bits per heavy atom. The highest BCUT2D eigenvalue weighted by Crippen LogP contribution is 2.30. The summed E-state index contributed by atoms with van der Waals surface area (Å²) < 4.78 is 25.7. The van der Waals surface area contributed by atoms with Crippen LogP contribution >= 0.6 is 11.3 Å². The lowest BCUT2D eigenvalue weighted by Gasteiger charge is -2.24. The minimum atomic E-state index is -0.801. The van der Waals surface area contributed by atoms with Gasteiger partial charge in [-0.15, -0.1) is 0 Å². The molecule has 9 heteroatoms. The van der Waals surface area contributed by atoms with Crippen molar-refractivity contribution < 1.29 is 23.5 Å². The molecule has 4 rings (SSSR count). The first-order chi connectivity index (χ1) is 16.3. The van der Waals surface area contributed by atoms with E-state index in [2.05, 4.69) is 4.99 Å². The first-order valence-electron chi connectivity index (χ1n) is 10.5. The number of hydrogen-bond acceptors (Lipinski definition) is 7. The summed E-state index contributed by atoms with van der Waals surface area (Å²) in [5.74, 6) is -1.02. The molecule has 0 bridgehead atoms. The largest absolute Gasteiger partial charge is 0.463 e. The van der Waals surface area contributed by atoms with Crippen LogP contribution in [-0.2, 0) is 14.3 Å². The highest BCUT2D eigenvalue weighted by Gasteiger charge is 2.33. The van der Waals surface area contributed by atoms with Crippen molar-refractivity contribution in [1.29, 1.82) is 0 Å². The zero-order valence-corrected chi connectivity index (χ0v) is 19.5. The van der Waals surface area contributed by atoms with Crippen LogP contribution in [0.3, 0.4) is 0 Å². The van der Waals surface area contributed by atoms with E-state index >= 15 is 0 Å². The molecule has 174 valence electrons. The topological polar surface area (TPSA) is 87.0 Å². The molecule has 0 N–H and O–H groups in total. The van der Waals surface area contributed by atoms with E-state index in [1.165, 1.54) is 35.0 Å². The first kappa shape index (κ1) is 23.3. The van der Waals surface area contributed by atoms with E-state index in [9.17, 15) is 18.8 Å². The lowest BCUT2D eigenvalue weighted by molar-refractivity contribution is -0.139. The molecule has 2 aromatic carbocycles. The van der Waals surface area contributed by atoms with Gasteiger partial charge < -0.3 is 9.47 Å². The Morgan fingerprint density at radius 3 is 2.44 bits per heavy atom. The summed E-state index contributed by atoms with van der Waals surface area (Å²) in [7, 11) is 0. The van der Waals surface area contributed by atoms with E-state index in [1.807, 2.05) is 0 Å². The molecule has 0 fully saturated rings. The number of carbonyl (C=O) groups is 2.